The maximum Gasteiger partial charge on any atom is 0.238 e. The Morgan fingerprint density at radius 1 is 1.22 bits per heavy atom. The molecule has 0 radical (unpaired) electrons. The average molecular weight is 333 g/mol. The van der Waals surface area contributed by atoms with Crippen LogP contribution in [0.3, 0.4) is 0 Å². The van der Waals surface area contributed by atoms with Gasteiger partial charge < -0.3 is 4.74 Å². The van der Waals surface area contributed by atoms with E-state index in [4.69, 9.17) is 4.74 Å². The minimum atomic E-state index is -3.17. The van der Waals surface area contributed by atoms with Gasteiger partial charge in [0.1, 0.15) is 5.75 Å². The van der Waals surface area contributed by atoms with Crippen molar-refractivity contribution in [3.63, 3.8) is 0 Å². The van der Waals surface area contributed by atoms with Gasteiger partial charge in [-0.1, -0.05) is 18.2 Å². The largest absolute Gasteiger partial charge is 0.437 e. The fourth-order valence-corrected chi connectivity index (χ4v) is 3.61. The first-order valence-corrected chi connectivity index (χ1v) is 9.37. The second-order valence-corrected chi connectivity index (χ2v) is 7.64. The zero-order valence-corrected chi connectivity index (χ0v) is 13.7. The molecule has 0 saturated carbocycles. The SMILES string of the molecule is CS(=O)(=O)N1CCCC(c2cncc(Oc3ccccc3)n2)C1. The fraction of sp³-hybridized carbons (Fsp3) is 0.375. The number of hydrogen-bond acceptors (Lipinski definition) is 5. The van der Waals surface area contributed by atoms with Crippen molar-refractivity contribution in [1.82, 2.24) is 14.3 Å². The quantitative estimate of drug-likeness (QED) is 0.859. The van der Waals surface area contributed by atoms with Crippen LogP contribution in [0.5, 0.6) is 11.6 Å². The summed E-state index contributed by atoms with van der Waals surface area (Å²) in [6.45, 7) is 1.02. The lowest BCUT2D eigenvalue weighted by molar-refractivity contribution is 0.312. The van der Waals surface area contributed by atoms with Gasteiger partial charge in [0.15, 0.2) is 0 Å². The van der Waals surface area contributed by atoms with Crippen LogP contribution in [0.4, 0.5) is 0 Å². The summed E-state index contributed by atoms with van der Waals surface area (Å²) < 4.78 is 30.7. The highest BCUT2D eigenvalue weighted by Crippen LogP contribution is 2.28. The molecule has 1 fully saturated rings. The minimum Gasteiger partial charge on any atom is -0.437 e. The predicted octanol–water partition coefficient (Wildman–Crippen LogP) is 2.41. The standard InChI is InChI=1S/C16H19N3O3S/c1-23(20,21)19-9-5-6-13(12-19)15-10-17-11-16(18-15)22-14-7-3-2-4-8-14/h2-4,7-8,10-11,13H,5-6,9,12H2,1H3. The Balaban J connectivity index is 1.77. The zero-order valence-electron chi connectivity index (χ0n) is 12.9. The van der Waals surface area contributed by atoms with Crippen molar-refractivity contribution in [1.29, 1.82) is 0 Å². The average Bonchev–Trinajstić information content (AvgIpc) is 2.55. The van der Waals surface area contributed by atoms with E-state index in [0.717, 1.165) is 18.5 Å². The van der Waals surface area contributed by atoms with Crippen LogP contribution >= 0.6 is 0 Å². The van der Waals surface area contributed by atoms with E-state index in [1.54, 1.807) is 12.4 Å². The van der Waals surface area contributed by atoms with Crippen molar-refractivity contribution in [3.8, 4) is 11.6 Å². The normalized spacial score (nSPS) is 19.4. The van der Waals surface area contributed by atoms with Gasteiger partial charge in [-0.05, 0) is 25.0 Å². The van der Waals surface area contributed by atoms with Gasteiger partial charge in [-0.3, -0.25) is 4.98 Å². The summed E-state index contributed by atoms with van der Waals surface area (Å²) >= 11 is 0. The lowest BCUT2D eigenvalue weighted by atomic mass is 9.96. The van der Waals surface area contributed by atoms with Crippen molar-refractivity contribution in [3.05, 3.63) is 48.4 Å². The molecule has 1 atom stereocenters. The highest BCUT2D eigenvalue weighted by atomic mass is 32.2. The van der Waals surface area contributed by atoms with Crippen LogP contribution in [-0.4, -0.2) is 42.0 Å². The number of hydrogen-bond donors (Lipinski definition) is 0. The first-order chi connectivity index (χ1) is 11.0. The Bertz CT molecular complexity index is 765. The molecule has 1 aliphatic heterocycles. The number of aromatic nitrogens is 2. The van der Waals surface area contributed by atoms with Gasteiger partial charge in [-0.15, -0.1) is 0 Å². The molecule has 2 aromatic rings. The third kappa shape index (κ3) is 4.05. The van der Waals surface area contributed by atoms with Crippen molar-refractivity contribution in [2.24, 2.45) is 0 Å². The summed E-state index contributed by atoms with van der Waals surface area (Å²) in [7, 11) is -3.17. The minimum absolute atomic E-state index is 0.0466. The van der Waals surface area contributed by atoms with Crippen LogP contribution in [0.15, 0.2) is 42.7 Å². The summed E-state index contributed by atoms with van der Waals surface area (Å²) in [6, 6.07) is 9.38. The molecule has 0 aliphatic carbocycles. The molecular formula is C16H19N3O3S. The monoisotopic (exact) mass is 333 g/mol. The number of nitrogens with zero attached hydrogens (tertiary/aromatic N) is 3. The predicted molar refractivity (Wildman–Crippen MR) is 86.9 cm³/mol. The van der Waals surface area contributed by atoms with E-state index in [-0.39, 0.29) is 5.92 Å². The van der Waals surface area contributed by atoms with Gasteiger partial charge in [0, 0.05) is 25.2 Å². The van der Waals surface area contributed by atoms with E-state index in [2.05, 4.69) is 9.97 Å². The van der Waals surface area contributed by atoms with E-state index in [1.165, 1.54) is 10.6 Å². The van der Waals surface area contributed by atoms with Gasteiger partial charge in [-0.25, -0.2) is 17.7 Å². The number of sulfonamides is 1. The molecule has 0 N–H and O–H groups in total. The summed E-state index contributed by atoms with van der Waals surface area (Å²) in [6.07, 6.45) is 6.22. The van der Waals surface area contributed by atoms with Crippen molar-refractivity contribution < 1.29 is 13.2 Å². The topological polar surface area (TPSA) is 72.4 Å². The van der Waals surface area contributed by atoms with Crippen LogP contribution in [0.25, 0.3) is 0 Å². The number of para-hydroxylation sites is 1. The lowest BCUT2D eigenvalue weighted by Crippen LogP contribution is -2.38. The van der Waals surface area contributed by atoms with Crippen LogP contribution in [0.1, 0.15) is 24.5 Å². The molecule has 6 nitrogen and oxygen atoms in total. The number of benzene rings is 1. The third-order valence-electron chi connectivity index (χ3n) is 3.87. The molecule has 7 heteroatoms. The molecule has 0 spiro atoms. The summed E-state index contributed by atoms with van der Waals surface area (Å²) in [5, 5.41) is 0. The van der Waals surface area contributed by atoms with Crippen LogP contribution in [-0.2, 0) is 10.0 Å². The van der Waals surface area contributed by atoms with Gasteiger partial charge in [-0.2, -0.15) is 0 Å². The second-order valence-electron chi connectivity index (χ2n) is 5.66. The number of rotatable bonds is 4. The van der Waals surface area contributed by atoms with E-state index < -0.39 is 10.0 Å². The molecule has 3 rings (SSSR count). The van der Waals surface area contributed by atoms with Crippen LogP contribution in [0, 0.1) is 0 Å². The van der Waals surface area contributed by atoms with Gasteiger partial charge in [0.25, 0.3) is 0 Å². The maximum atomic E-state index is 11.7. The third-order valence-corrected chi connectivity index (χ3v) is 5.14. The Labute approximate surface area is 136 Å². The number of ether oxygens (including phenoxy) is 1. The summed E-state index contributed by atoms with van der Waals surface area (Å²) in [5.41, 5.74) is 0.770. The number of piperidine rings is 1. The van der Waals surface area contributed by atoms with E-state index in [0.29, 0.717) is 24.7 Å². The molecular weight excluding hydrogens is 314 g/mol. The molecule has 1 unspecified atom stereocenters. The lowest BCUT2D eigenvalue weighted by Gasteiger charge is -2.30. The highest BCUT2D eigenvalue weighted by molar-refractivity contribution is 7.88. The molecule has 1 aromatic heterocycles. The molecule has 23 heavy (non-hydrogen) atoms. The first kappa shape index (κ1) is 15.9. The summed E-state index contributed by atoms with van der Waals surface area (Å²) in [4.78, 5) is 8.69. The molecule has 1 aliphatic rings. The Kier molecular flexibility index (Phi) is 4.58. The van der Waals surface area contributed by atoms with Gasteiger partial charge in [0.05, 0.1) is 18.1 Å². The van der Waals surface area contributed by atoms with Crippen LogP contribution in [0.2, 0.25) is 0 Å². The van der Waals surface area contributed by atoms with E-state index in [1.807, 2.05) is 30.3 Å². The second kappa shape index (κ2) is 6.64. The smallest absolute Gasteiger partial charge is 0.238 e. The molecule has 0 amide bonds. The molecule has 2 heterocycles. The Morgan fingerprint density at radius 3 is 2.74 bits per heavy atom. The molecule has 1 saturated heterocycles. The highest BCUT2D eigenvalue weighted by Gasteiger charge is 2.28. The molecule has 122 valence electrons. The van der Waals surface area contributed by atoms with Crippen molar-refractivity contribution in [2.75, 3.05) is 19.3 Å². The van der Waals surface area contributed by atoms with Crippen molar-refractivity contribution >= 4 is 10.0 Å². The van der Waals surface area contributed by atoms with Crippen molar-refractivity contribution in [2.45, 2.75) is 18.8 Å². The maximum absolute atomic E-state index is 11.7. The summed E-state index contributed by atoms with van der Waals surface area (Å²) in [5.74, 6) is 1.16. The first-order valence-electron chi connectivity index (χ1n) is 7.52. The molecule has 1 aromatic carbocycles. The fourth-order valence-electron chi connectivity index (χ4n) is 2.70. The van der Waals surface area contributed by atoms with Gasteiger partial charge >= 0.3 is 0 Å². The Hall–Kier alpha value is -1.99. The Morgan fingerprint density at radius 2 is 2.00 bits per heavy atom. The zero-order chi connectivity index (χ0) is 16.3. The van der Waals surface area contributed by atoms with Crippen LogP contribution < -0.4 is 4.74 Å². The van der Waals surface area contributed by atoms with Gasteiger partial charge in [0.2, 0.25) is 15.9 Å². The molecule has 0 bridgehead atoms. The van der Waals surface area contributed by atoms with E-state index in [9.17, 15) is 8.42 Å². The van der Waals surface area contributed by atoms with E-state index >= 15 is 0 Å².